The Labute approximate surface area is 179 Å². The summed E-state index contributed by atoms with van der Waals surface area (Å²) in [5.41, 5.74) is 3.15. The lowest BCUT2D eigenvalue weighted by atomic mass is 10.2. The van der Waals surface area contributed by atoms with E-state index in [9.17, 15) is 4.79 Å². The Bertz CT molecular complexity index is 1170. The molecular formula is C22H23N5O2S. The molecule has 0 aliphatic carbocycles. The van der Waals surface area contributed by atoms with Crippen LogP contribution in [0, 0.1) is 6.92 Å². The molecule has 154 valence electrons. The van der Waals surface area contributed by atoms with Crippen LogP contribution in [0.1, 0.15) is 33.3 Å². The maximum atomic E-state index is 12.3. The number of aryl methyl sites for hydroxylation is 1. The molecule has 1 aromatic carbocycles. The topological polar surface area (TPSA) is 73.1 Å². The number of hydrogen-bond donors (Lipinski definition) is 0. The number of hydrogen-bond acceptors (Lipinski definition) is 7. The molecule has 3 heterocycles. The summed E-state index contributed by atoms with van der Waals surface area (Å²) in [6.45, 7) is 5.44. The number of esters is 1. The van der Waals surface area contributed by atoms with Gasteiger partial charge in [-0.3, -0.25) is 4.68 Å². The lowest BCUT2D eigenvalue weighted by Gasteiger charge is -2.18. The highest BCUT2D eigenvalue weighted by atomic mass is 32.1. The third-order valence-electron chi connectivity index (χ3n) is 4.82. The van der Waals surface area contributed by atoms with Gasteiger partial charge in [-0.2, -0.15) is 5.10 Å². The first-order valence-electron chi connectivity index (χ1n) is 9.74. The number of benzene rings is 1. The number of aromatic nitrogens is 4. The van der Waals surface area contributed by atoms with Crippen LogP contribution in [-0.4, -0.2) is 39.4 Å². The number of nitrogens with zero attached hydrogens (tertiary/aromatic N) is 5. The maximum absolute atomic E-state index is 12.3. The fraction of sp³-hybridized carbons (Fsp3) is 0.273. The number of thiophene rings is 1. The molecule has 0 amide bonds. The van der Waals surface area contributed by atoms with Crippen LogP contribution >= 0.6 is 11.3 Å². The van der Waals surface area contributed by atoms with Gasteiger partial charge in [0.05, 0.1) is 24.7 Å². The summed E-state index contributed by atoms with van der Waals surface area (Å²) < 4.78 is 7.12. The average molecular weight is 422 g/mol. The fourth-order valence-corrected chi connectivity index (χ4v) is 4.46. The average Bonchev–Trinajstić information content (AvgIpc) is 3.33. The van der Waals surface area contributed by atoms with E-state index in [0.29, 0.717) is 18.0 Å². The second-order valence-corrected chi connectivity index (χ2v) is 8.04. The SMILES string of the molecule is CCOC(=O)c1sc2ncnc(N(C)Cc3cnn(Cc4ccccc4)c3)c2c1C. The molecule has 0 spiro atoms. The van der Waals surface area contributed by atoms with E-state index in [2.05, 4.69) is 32.1 Å². The largest absolute Gasteiger partial charge is 0.462 e. The molecule has 30 heavy (non-hydrogen) atoms. The third-order valence-corrected chi connectivity index (χ3v) is 6.00. The Hall–Kier alpha value is -3.26. The van der Waals surface area contributed by atoms with Crippen LogP contribution in [0.4, 0.5) is 5.82 Å². The van der Waals surface area contributed by atoms with Gasteiger partial charge in [0.2, 0.25) is 0 Å². The Morgan fingerprint density at radius 1 is 1.20 bits per heavy atom. The molecule has 0 unspecified atom stereocenters. The lowest BCUT2D eigenvalue weighted by Crippen LogP contribution is -2.18. The summed E-state index contributed by atoms with van der Waals surface area (Å²) in [4.78, 5) is 24.6. The zero-order valence-corrected chi connectivity index (χ0v) is 18.0. The number of rotatable bonds is 7. The van der Waals surface area contributed by atoms with Crippen molar-refractivity contribution in [1.82, 2.24) is 19.7 Å². The first-order chi connectivity index (χ1) is 14.6. The molecule has 0 saturated heterocycles. The van der Waals surface area contributed by atoms with E-state index in [1.54, 1.807) is 6.92 Å². The number of carbonyl (C=O) groups is 1. The molecule has 8 heteroatoms. The van der Waals surface area contributed by atoms with Crippen LogP contribution in [0.3, 0.4) is 0 Å². The van der Waals surface area contributed by atoms with Gasteiger partial charge in [-0.15, -0.1) is 11.3 Å². The number of carbonyl (C=O) groups excluding carboxylic acids is 1. The predicted octanol–water partition coefficient (Wildman–Crippen LogP) is 4.06. The number of anilines is 1. The number of ether oxygens (including phenoxy) is 1. The minimum Gasteiger partial charge on any atom is -0.462 e. The van der Waals surface area contributed by atoms with Gasteiger partial charge in [0.1, 0.15) is 21.9 Å². The van der Waals surface area contributed by atoms with Gasteiger partial charge in [-0.05, 0) is 25.0 Å². The van der Waals surface area contributed by atoms with Crippen molar-refractivity contribution in [2.24, 2.45) is 0 Å². The molecule has 4 rings (SSSR count). The summed E-state index contributed by atoms with van der Waals surface area (Å²) in [6.07, 6.45) is 5.46. The van der Waals surface area contributed by atoms with Crippen LogP contribution in [0.25, 0.3) is 10.2 Å². The summed E-state index contributed by atoms with van der Waals surface area (Å²) in [5.74, 6) is 0.480. The monoisotopic (exact) mass is 421 g/mol. The van der Waals surface area contributed by atoms with Crippen molar-refractivity contribution in [1.29, 1.82) is 0 Å². The predicted molar refractivity (Wildman–Crippen MR) is 118 cm³/mol. The smallest absolute Gasteiger partial charge is 0.348 e. The van der Waals surface area contributed by atoms with Crippen molar-refractivity contribution in [2.75, 3.05) is 18.6 Å². The minimum atomic E-state index is -0.311. The van der Waals surface area contributed by atoms with Crippen LogP contribution in [0.15, 0.2) is 49.1 Å². The molecule has 0 saturated carbocycles. The molecular weight excluding hydrogens is 398 g/mol. The standard InChI is InChI=1S/C22H23N5O2S/c1-4-29-22(28)19-15(2)18-20(23-14-24-21(18)30-19)26(3)11-17-10-25-27(13-17)12-16-8-6-5-7-9-16/h5-10,13-14H,4,11-12H2,1-3H3. The van der Waals surface area contributed by atoms with Gasteiger partial charge in [0, 0.05) is 25.4 Å². The summed E-state index contributed by atoms with van der Waals surface area (Å²) in [5, 5.41) is 5.38. The molecule has 4 aromatic rings. The van der Waals surface area contributed by atoms with E-state index in [1.807, 2.05) is 49.2 Å². The maximum Gasteiger partial charge on any atom is 0.348 e. The third kappa shape index (κ3) is 4.04. The zero-order chi connectivity index (χ0) is 21.1. The lowest BCUT2D eigenvalue weighted by molar-refractivity contribution is 0.0531. The van der Waals surface area contributed by atoms with Gasteiger partial charge in [-0.1, -0.05) is 30.3 Å². The molecule has 0 atom stereocenters. The highest BCUT2D eigenvalue weighted by Crippen LogP contribution is 2.35. The molecule has 3 aromatic heterocycles. The van der Waals surface area contributed by atoms with Crippen LogP contribution in [-0.2, 0) is 17.8 Å². The van der Waals surface area contributed by atoms with Gasteiger partial charge >= 0.3 is 5.97 Å². The zero-order valence-electron chi connectivity index (χ0n) is 17.2. The van der Waals surface area contributed by atoms with E-state index in [0.717, 1.165) is 33.7 Å². The van der Waals surface area contributed by atoms with E-state index in [4.69, 9.17) is 4.74 Å². The molecule has 0 aliphatic heterocycles. The minimum absolute atomic E-state index is 0.311. The molecule has 0 bridgehead atoms. The molecule has 0 fully saturated rings. The van der Waals surface area contributed by atoms with Crippen LogP contribution < -0.4 is 4.90 Å². The van der Waals surface area contributed by atoms with Crippen LogP contribution in [0.2, 0.25) is 0 Å². The van der Waals surface area contributed by atoms with Gasteiger partial charge in [0.25, 0.3) is 0 Å². The van der Waals surface area contributed by atoms with Crippen molar-refractivity contribution in [3.05, 3.63) is 70.6 Å². The Morgan fingerprint density at radius 2 is 2.00 bits per heavy atom. The Morgan fingerprint density at radius 3 is 2.77 bits per heavy atom. The quantitative estimate of drug-likeness (QED) is 0.419. The fourth-order valence-electron chi connectivity index (χ4n) is 3.43. The molecule has 0 radical (unpaired) electrons. The molecule has 7 nitrogen and oxygen atoms in total. The van der Waals surface area contributed by atoms with E-state index in [-0.39, 0.29) is 5.97 Å². The van der Waals surface area contributed by atoms with Gasteiger partial charge < -0.3 is 9.64 Å². The van der Waals surface area contributed by atoms with Gasteiger partial charge in [0.15, 0.2) is 0 Å². The number of fused-ring (bicyclic) bond motifs is 1. The Kier molecular flexibility index (Phi) is 5.76. The summed E-state index contributed by atoms with van der Waals surface area (Å²) >= 11 is 1.35. The van der Waals surface area contributed by atoms with E-state index >= 15 is 0 Å². The van der Waals surface area contributed by atoms with Crippen molar-refractivity contribution in [3.63, 3.8) is 0 Å². The van der Waals surface area contributed by atoms with Crippen molar-refractivity contribution in [2.45, 2.75) is 26.9 Å². The first kappa shape index (κ1) is 20.0. The van der Waals surface area contributed by atoms with Crippen LogP contribution in [0.5, 0.6) is 0 Å². The summed E-state index contributed by atoms with van der Waals surface area (Å²) in [6, 6.07) is 10.2. The van der Waals surface area contributed by atoms with E-state index < -0.39 is 0 Å². The first-order valence-corrected chi connectivity index (χ1v) is 10.6. The van der Waals surface area contributed by atoms with Crippen molar-refractivity contribution >= 4 is 33.3 Å². The normalized spacial score (nSPS) is 11.0. The van der Waals surface area contributed by atoms with Crippen molar-refractivity contribution < 1.29 is 9.53 Å². The second kappa shape index (κ2) is 8.62. The van der Waals surface area contributed by atoms with E-state index in [1.165, 1.54) is 23.2 Å². The van der Waals surface area contributed by atoms with Gasteiger partial charge in [-0.25, -0.2) is 14.8 Å². The van der Waals surface area contributed by atoms with Crippen molar-refractivity contribution in [3.8, 4) is 0 Å². The summed E-state index contributed by atoms with van der Waals surface area (Å²) in [7, 11) is 1.98. The highest BCUT2D eigenvalue weighted by molar-refractivity contribution is 7.20. The second-order valence-electron chi connectivity index (χ2n) is 7.04. The molecule has 0 N–H and O–H groups in total. The Balaban J connectivity index is 1.56. The molecule has 0 aliphatic rings. The highest BCUT2D eigenvalue weighted by Gasteiger charge is 2.21.